The average molecular weight is 290 g/mol. The molecule has 0 aliphatic heterocycles. The predicted octanol–water partition coefficient (Wildman–Crippen LogP) is 0.998. The van der Waals surface area contributed by atoms with Gasteiger partial charge in [-0.1, -0.05) is 13.8 Å². The molecule has 0 aliphatic rings. The minimum Gasteiger partial charge on any atom is -0.481 e. The number of carboxylic acids is 1. The van der Waals surface area contributed by atoms with E-state index in [9.17, 15) is 17.6 Å². The van der Waals surface area contributed by atoms with Crippen LogP contribution in [-0.2, 0) is 14.8 Å². The van der Waals surface area contributed by atoms with Gasteiger partial charge in [-0.25, -0.2) is 22.5 Å². The molecular weight excluding hydrogens is 275 g/mol. The fourth-order valence-electron chi connectivity index (χ4n) is 1.43. The number of sulfonamides is 1. The van der Waals surface area contributed by atoms with Crippen LogP contribution >= 0.6 is 0 Å². The van der Waals surface area contributed by atoms with Gasteiger partial charge in [0, 0.05) is 12.2 Å². The molecule has 0 spiro atoms. The van der Waals surface area contributed by atoms with Crippen LogP contribution in [0.3, 0.4) is 0 Å². The summed E-state index contributed by atoms with van der Waals surface area (Å²) in [6, 6.07) is 1.41. The van der Waals surface area contributed by atoms with Crippen LogP contribution in [-0.4, -0.2) is 30.5 Å². The minimum atomic E-state index is -4.18. The van der Waals surface area contributed by atoms with E-state index in [4.69, 9.17) is 5.11 Å². The second-order valence-corrected chi connectivity index (χ2v) is 5.99. The van der Waals surface area contributed by atoms with Gasteiger partial charge < -0.3 is 5.11 Å². The van der Waals surface area contributed by atoms with Gasteiger partial charge in [0.25, 0.3) is 10.0 Å². The van der Waals surface area contributed by atoms with Crippen LogP contribution in [0.4, 0.5) is 4.39 Å². The number of hydrogen-bond donors (Lipinski definition) is 2. The van der Waals surface area contributed by atoms with Crippen molar-refractivity contribution in [3.05, 3.63) is 24.1 Å². The summed E-state index contributed by atoms with van der Waals surface area (Å²) >= 11 is 0. The van der Waals surface area contributed by atoms with Crippen LogP contribution in [0.25, 0.3) is 0 Å². The summed E-state index contributed by atoms with van der Waals surface area (Å²) in [6.07, 6.45) is 0.768. The lowest BCUT2D eigenvalue weighted by atomic mass is 10.0. The molecule has 1 heterocycles. The molecule has 106 valence electrons. The summed E-state index contributed by atoms with van der Waals surface area (Å²) in [5.74, 6) is -2.37. The second-order valence-electron chi connectivity index (χ2n) is 4.36. The van der Waals surface area contributed by atoms with Gasteiger partial charge >= 0.3 is 5.97 Å². The number of aromatic nitrogens is 1. The molecule has 1 unspecified atom stereocenters. The fourth-order valence-corrected chi connectivity index (χ4v) is 2.82. The maximum Gasteiger partial charge on any atom is 0.304 e. The van der Waals surface area contributed by atoms with Gasteiger partial charge in [0.15, 0.2) is 5.82 Å². The Morgan fingerprint density at radius 1 is 1.53 bits per heavy atom. The van der Waals surface area contributed by atoms with Crippen LogP contribution in [0.5, 0.6) is 0 Å². The first-order chi connectivity index (χ1) is 8.74. The third-order valence-electron chi connectivity index (χ3n) is 2.49. The molecular formula is C11H15FN2O4S. The quantitative estimate of drug-likeness (QED) is 0.814. The van der Waals surface area contributed by atoms with Gasteiger partial charge in [0.05, 0.1) is 6.42 Å². The molecule has 0 aromatic carbocycles. The number of hydrogen-bond acceptors (Lipinski definition) is 4. The van der Waals surface area contributed by atoms with Crippen LogP contribution in [0.15, 0.2) is 23.4 Å². The molecule has 1 aromatic rings. The number of carboxylic acid groups (broad SMARTS) is 1. The molecule has 0 saturated carbocycles. The summed E-state index contributed by atoms with van der Waals surface area (Å²) in [5, 5.41) is 8.00. The SMILES string of the molecule is CC(C)C(CC(=O)O)NS(=O)(=O)c1ncccc1F. The third-order valence-corrected chi connectivity index (χ3v) is 3.91. The van der Waals surface area contributed by atoms with E-state index in [0.29, 0.717) is 0 Å². The largest absolute Gasteiger partial charge is 0.481 e. The van der Waals surface area contributed by atoms with E-state index in [0.717, 1.165) is 12.3 Å². The Kier molecular flexibility index (Phi) is 4.96. The fraction of sp³-hybridized carbons (Fsp3) is 0.455. The molecule has 1 rings (SSSR count). The summed E-state index contributed by atoms with van der Waals surface area (Å²) in [4.78, 5) is 14.1. The number of aliphatic carboxylic acids is 1. The first-order valence-electron chi connectivity index (χ1n) is 5.58. The molecule has 6 nitrogen and oxygen atoms in total. The molecule has 0 bridgehead atoms. The van der Waals surface area contributed by atoms with Crippen LogP contribution in [0.2, 0.25) is 0 Å². The zero-order valence-electron chi connectivity index (χ0n) is 10.5. The highest BCUT2D eigenvalue weighted by Crippen LogP contribution is 2.14. The Hall–Kier alpha value is -1.54. The molecule has 0 amide bonds. The van der Waals surface area contributed by atoms with E-state index in [1.807, 2.05) is 0 Å². The van der Waals surface area contributed by atoms with Gasteiger partial charge in [-0.05, 0) is 18.1 Å². The van der Waals surface area contributed by atoms with Crippen molar-refractivity contribution >= 4 is 16.0 Å². The second kappa shape index (κ2) is 6.07. The molecule has 0 aliphatic carbocycles. The van der Waals surface area contributed by atoms with Gasteiger partial charge in [-0.15, -0.1) is 0 Å². The van der Waals surface area contributed by atoms with Crippen LogP contribution < -0.4 is 4.72 Å². The van der Waals surface area contributed by atoms with E-state index in [1.165, 1.54) is 6.07 Å². The van der Waals surface area contributed by atoms with E-state index in [-0.39, 0.29) is 12.3 Å². The number of carbonyl (C=O) groups is 1. The normalized spacial score (nSPS) is 13.5. The number of rotatable bonds is 6. The van der Waals surface area contributed by atoms with Crippen molar-refractivity contribution in [1.82, 2.24) is 9.71 Å². The van der Waals surface area contributed by atoms with E-state index in [2.05, 4.69) is 9.71 Å². The zero-order chi connectivity index (χ0) is 14.6. The van der Waals surface area contributed by atoms with Crippen molar-refractivity contribution < 1.29 is 22.7 Å². The summed E-state index contributed by atoms with van der Waals surface area (Å²) in [7, 11) is -4.18. The Balaban J connectivity index is 3.01. The van der Waals surface area contributed by atoms with Crippen molar-refractivity contribution in [2.24, 2.45) is 5.92 Å². The van der Waals surface area contributed by atoms with Crippen LogP contribution in [0, 0.1) is 11.7 Å². The Morgan fingerprint density at radius 2 is 2.16 bits per heavy atom. The summed E-state index contributed by atoms with van der Waals surface area (Å²) < 4.78 is 39.5. The van der Waals surface area contributed by atoms with E-state index in [1.54, 1.807) is 13.8 Å². The summed E-state index contributed by atoms with van der Waals surface area (Å²) in [5.41, 5.74) is 0. The first-order valence-corrected chi connectivity index (χ1v) is 7.07. The third kappa shape index (κ3) is 4.25. The highest BCUT2D eigenvalue weighted by atomic mass is 32.2. The lowest BCUT2D eigenvalue weighted by Crippen LogP contribution is -2.40. The van der Waals surface area contributed by atoms with Crippen molar-refractivity contribution in [1.29, 1.82) is 0 Å². The molecule has 0 radical (unpaired) electrons. The number of nitrogens with zero attached hydrogens (tertiary/aromatic N) is 1. The van der Waals surface area contributed by atoms with Gasteiger partial charge in [-0.3, -0.25) is 4.79 Å². The molecule has 1 aromatic heterocycles. The van der Waals surface area contributed by atoms with Crippen molar-refractivity contribution in [3.63, 3.8) is 0 Å². The van der Waals surface area contributed by atoms with Crippen LogP contribution in [0.1, 0.15) is 20.3 Å². The topological polar surface area (TPSA) is 96.4 Å². The highest BCUT2D eigenvalue weighted by molar-refractivity contribution is 7.89. The number of nitrogens with one attached hydrogen (secondary N) is 1. The molecule has 1 atom stereocenters. The van der Waals surface area contributed by atoms with Crippen molar-refractivity contribution in [2.45, 2.75) is 31.3 Å². The molecule has 2 N–H and O–H groups in total. The van der Waals surface area contributed by atoms with E-state index >= 15 is 0 Å². The maximum absolute atomic E-state index is 13.4. The van der Waals surface area contributed by atoms with E-state index < -0.39 is 32.9 Å². The molecule has 8 heteroatoms. The molecule has 0 fully saturated rings. The Labute approximate surface area is 110 Å². The highest BCUT2D eigenvalue weighted by Gasteiger charge is 2.27. The Morgan fingerprint density at radius 3 is 2.63 bits per heavy atom. The standard InChI is InChI=1S/C11H15FN2O4S/c1-7(2)9(6-10(15)16)14-19(17,18)11-8(12)4-3-5-13-11/h3-5,7,9,14H,6H2,1-2H3,(H,15,16). The summed E-state index contributed by atoms with van der Waals surface area (Å²) in [6.45, 7) is 3.34. The lowest BCUT2D eigenvalue weighted by Gasteiger charge is -2.20. The average Bonchev–Trinajstić information content (AvgIpc) is 2.27. The number of pyridine rings is 1. The minimum absolute atomic E-state index is 0.252. The maximum atomic E-state index is 13.4. The first kappa shape index (κ1) is 15.5. The Bertz CT molecular complexity index is 560. The predicted molar refractivity (Wildman–Crippen MR) is 65.4 cm³/mol. The van der Waals surface area contributed by atoms with Gasteiger partial charge in [-0.2, -0.15) is 0 Å². The zero-order valence-corrected chi connectivity index (χ0v) is 11.3. The number of halogens is 1. The van der Waals surface area contributed by atoms with Crippen molar-refractivity contribution in [2.75, 3.05) is 0 Å². The molecule has 19 heavy (non-hydrogen) atoms. The van der Waals surface area contributed by atoms with Gasteiger partial charge in [0.1, 0.15) is 0 Å². The lowest BCUT2D eigenvalue weighted by molar-refractivity contribution is -0.137. The van der Waals surface area contributed by atoms with Crippen molar-refractivity contribution in [3.8, 4) is 0 Å². The monoisotopic (exact) mass is 290 g/mol. The smallest absolute Gasteiger partial charge is 0.304 e. The van der Waals surface area contributed by atoms with Gasteiger partial charge in [0.2, 0.25) is 5.03 Å². The molecule has 0 saturated heterocycles.